The molecular weight excluding hydrogens is 262 g/mol. The van der Waals surface area contributed by atoms with Crippen LogP contribution in [-0.4, -0.2) is 23.3 Å². The van der Waals surface area contributed by atoms with Crippen molar-refractivity contribution in [3.63, 3.8) is 0 Å². The Morgan fingerprint density at radius 2 is 2.21 bits per heavy atom. The molecular formula is C15H22ClNO2. The minimum Gasteiger partial charge on any atom is -0.361 e. The van der Waals surface area contributed by atoms with Gasteiger partial charge < -0.3 is 15.2 Å². The number of nitrogens with one attached hydrogen (secondary N) is 1. The summed E-state index contributed by atoms with van der Waals surface area (Å²) in [7, 11) is 0. The van der Waals surface area contributed by atoms with Crippen molar-refractivity contribution in [1.29, 1.82) is 0 Å². The first-order chi connectivity index (χ1) is 8.87. The van der Waals surface area contributed by atoms with E-state index in [1.54, 1.807) is 12.1 Å². The fourth-order valence-corrected chi connectivity index (χ4v) is 2.74. The lowest BCUT2D eigenvalue weighted by atomic mass is 9.89. The van der Waals surface area contributed by atoms with Crippen LogP contribution in [0.15, 0.2) is 24.3 Å². The molecule has 1 aromatic rings. The van der Waals surface area contributed by atoms with Crippen LogP contribution in [0, 0.1) is 0 Å². The molecule has 0 radical (unpaired) electrons. The highest BCUT2D eigenvalue weighted by Gasteiger charge is 2.46. The molecule has 106 valence electrons. The van der Waals surface area contributed by atoms with Gasteiger partial charge in [-0.25, -0.2) is 0 Å². The molecule has 2 rings (SSSR count). The van der Waals surface area contributed by atoms with E-state index in [0.29, 0.717) is 17.2 Å². The Morgan fingerprint density at radius 1 is 1.47 bits per heavy atom. The Balaban J connectivity index is 2.34. The molecule has 1 aliphatic rings. The minimum absolute atomic E-state index is 0.134. The zero-order valence-corrected chi connectivity index (χ0v) is 12.5. The van der Waals surface area contributed by atoms with Crippen molar-refractivity contribution in [2.45, 2.75) is 51.0 Å². The summed E-state index contributed by atoms with van der Waals surface area (Å²) >= 11 is 6.02. The zero-order chi connectivity index (χ0) is 14.1. The van der Waals surface area contributed by atoms with Crippen LogP contribution in [0.5, 0.6) is 0 Å². The summed E-state index contributed by atoms with van der Waals surface area (Å²) in [6, 6.07) is 7.11. The van der Waals surface area contributed by atoms with Crippen molar-refractivity contribution in [3.8, 4) is 0 Å². The number of aliphatic hydroxyl groups is 1. The maximum absolute atomic E-state index is 10.9. The lowest BCUT2D eigenvalue weighted by Gasteiger charge is -2.47. The van der Waals surface area contributed by atoms with Crippen molar-refractivity contribution in [2.24, 2.45) is 0 Å². The topological polar surface area (TPSA) is 41.5 Å². The Labute approximate surface area is 119 Å². The van der Waals surface area contributed by atoms with Crippen LogP contribution in [0.4, 0.5) is 0 Å². The summed E-state index contributed by atoms with van der Waals surface area (Å²) in [4.78, 5) is 0. The van der Waals surface area contributed by atoms with E-state index in [-0.39, 0.29) is 11.6 Å². The summed E-state index contributed by atoms with van der Waals surface area (Å²) in [5.74, 6) is -1.31. The Hall–Kier alpha value is -0.610. The van der Waals surface area contributed by atoms with E-state index in [1.807, 2.05) is 12.1 Å². The molecule has 1 heterocycles. The molecule has 0 spiro atoms. The van der Waals surface area contributed by atoms with Gasteiger partial charge in [0.15, 0.2) is 0 Å². The van der Waals surface area contributed by atoms with Gasteiger partial charge in [-0.05, 0) is 32.4 Å². The molecule has 1 saturated heterocycles. The molecule has 0 bridgehead atoms. The lowest BCUT2D eigenvalue weighted by molar-refractivity contribution is -0.267. The second kappa shape index (κ2) is 5.41. The van der Waals surface area contributed by atoms with Crippen LogP contribution >= 0.6 is 11.6 Å². The first-order valence-electron chi connectivity index (χ1n) is 6.77. The van der Waals surface area contributed by atoms with Crippen molar-refractivity contribution in [2.75, 3.05) is 6.61 Å². The quantitative estimate of drug-likeness (QED) is 0.896. The van der Waals surface area contributed by atoms with Gasteiger partial charge in [0.1, 0.15) is 0 Å². The molecule has 1 aliphatic heterocycles. The highest BCUT2D eigenvalue weighted by Crippen LogP contribution is 2.35. The molecule has 1 unspecified atom stereocenters. The number of rotatable bonds is 3. The third kappa shape index (κ3) is 3.11. The molecule has 4 heteroatoms. The Bertz CT molecular complexity index is 450. The number of ether oxygens (including phenoxy) is 1. The van der Waals surface area contributed by atoms with Gasteiger partial charge in [0, 0.05) is 16.1 Å². The van der Waals surface area contributed by atoms with Crippen LogP contribution in [0.25, 0.3) is 0 Å². The highest BCUT2D eigenvalue weighted by atomic mass is 35.5. The van der Waals surface area contributed by atoms with Gasteiger partial charge in [0.05, 0.1) is 12.6 Å². The maximum atomic E-state index is 10.9. The fraction of sp³-hybridized carbons (Fsp3) is 0.600. The first kappa shape index (κ1) is 14.8. The molecule has 0 aromatic heterocycles. The van der Waals surface area contributed by atoms with Crippen molar-refractivity contribution < 1.29 is 9.84 Å². The third-order valence-electron chi connectivity index (χ3n) is 3.51. The number of morpholine rings is 1. The Kier molecular flexibility index (Phi) is 4.21. The van der Waals surface area contributed by atoms with Crippen LogP contribution in [-0.2, 0) is 10.5 Å². The predicted molar refractivity (Wildman–Crippen MR) is 77.2 cm³/mol. The number of hydrogen-bond donors (Lipinski definition) is 2. The van der Waals surface area contributed by atoms with Gasteiger partial charge in [-0.15, -0.1) is 0 Å². The van der Waals surface area contributed by atoms with E-state index in [1.165, 1.54) is 0 Å². The number of benzene rings is 1. The van der Waals surface area contributed by atoms with Crippen molar-refractivity contribution in [3.05, 3.63) is 34.9 Å². The Morgan fingerprint density at radius 3 is 2.84 bits per heavy atom. The molecule has 1 aromatic carbocycles. The minimum atomic E-state index is -1.31. The fourth-order valence-electron chi connectivity index (χ4n) is 2.55. The van der Waals surface area contributed by atoms with Gasteiger partial charge >= 0.3 is 0 Å². The second-order valence-electron chi connectivity index (χ2n) is 5.86. The maximum Gasteiger partial charge on any atom is 0.208 e. The first-order valence-corrected chi connectivity index (χ1v) is 7.15. The van der Waals surface area contributed by atoms with Crippen LogP contribution in [0.3, 0.4) is 0 Å². The standard InChI is InChI=1S/C15H22ClNO2/c1-4-6-13-15(18,19-10-14(2,3)17-13)11-7-5-8-12(16)9-11/h5,7-9,13,17-18H,4,6,10H2,1-3H3/t13?,15-/m0/s1. The van der Waals surface area contributed by atoms with E-state index < -0.39 is 5.79 Å². The van der Waals surface area contributed by atoms with Crippen LogP contribution in [0.2, 0.25) is 5.02 Å². The molecule has 3 nitrogen and oxygen atoms in total. The van der Waals surface area contributed by atoms with E-state index in [9.17, 15) is 5.11 Å². The van der Waals surface area contributed by atoms with Crippen LogP contribution in [0.1, 0.15) is 39.2 Å². The summed E-state index contributed by atoms with van der Waals surface area (Å²) < 4.78 is 5.82. The summed E-state index contributed by atoms with van der Waals surface area (Å²) in [6.07, 6.45) is 1.81. The second-order valence-corrected chi connectivity index (χ2v) is 6.30. The largest absolute Gasteiger partial charge is 0.361 e. The number of hydrogen-bond acceptors (Lipinski definition) is 3. The average Bonchev–Trinajstić information content (AvgIpc) is 2.34. The van der Waals surface area contributed by atoms with E-state index in [0.717, 1.165) is 12.8 Å². The average molecular weight is 284 g/mol. The third-order valence-corrected chi connectivity index (χ3v) is 3.74. The molecule has 0 aliphatic carbocycles. The van der Waals surface area contributed by atoms with E-state index in [4.69, 9.17) is 16.3 Å². The van der Waals surface area contributed by atoms with Gasteiger partial charge in [0.25, 0.3) is 0 Å². The molecule has 19 heavy (non-hydrogen) atoms. The number of halogens is 1. The van der Waals surface area contributed by atoms with Crippen LogP contribution < -0.4 is 5.32 Å². The van der Waals surface area contributed by atoms with Crippen molar-refractivity contribution >= 4 is 11.6 Å². The summed E-state index contributed by atoms with van der Waals surface area (Å²) in [6.45, 7) is 6.71. The summed E-state index contributed by atoms with van der Waals surface area (Å²) in [5, 5.41) is 15.0. The molecule has 0 amide bonds. The smallest absolute Gasteiger partial charge is 0.208 e. The van der Waals surface area contributed by atoms with E-state index in [2.05, 4.69) is 26.1 Å². The predicted octanol–water partition coefficient (Wildman–Crippen LogP) is 3.05. The van der Waals surface area contributed by atoms with Gasteiger partial charge in [0.2, 0.25) is 5.79 Å². The normalized spacial score (nSPS) is 30.3. The molecule has 2 atom stereocenters. The van der Waals surface area contributed by atoms with Gasteiger partial charge in [-0.1, -0.05) is 37.1 Å². The van der Waals surface area contributed by atoms with Gasteiger partial charge in [-0.3, -0.25) is 0 Å². The lowest BCUT2D eigenvalue weighted by Crippen LogP contribution is -2.64. The molecule has 2 N–H and O–H groups in total. The van der Waals surface area contributed by atoms with Gasteiger partial charge in [-0.2, -0.15) is 0 Å². The monoisotopic (exact) mass is 283 g/mol. The van der Waals surface area contributed by atoms with E-state index >= 15 is 0 Å². The SMILES string of the molecule is CCCC1NC(C)(C)CO[C@@]1(O)c1cccc(Cl)c1. The zero-order valence-electron chi connectivity index (χ0n) is 11.7. The molecule has 0 saturated carbocycles. The highest BCUT2D eigenvalue weighted by molar-refractivity contribution is 6.30. The summed E-state index contributed by atoms with van der Waals surface area (Å²) in [5.41, 5.74) is 0.575. The van der Waals surface area contributed by atoms with Crippen molar-refractivity contribution in [1.82, 2.24) is 5.32 Å². The molecule has 1 fully saturated rings.